The molecule has 24 heavy (non-hydrogen) atoms. The normalized spacial score (nSPS) is 14.5. The van der Waals surface area contributed by atoms with E-state index in [1.807, 2.05) is 19.1 Å². The van der Waals surface area contributed by atoms with Crippen LogP contribution >= 0.6 is 11.5 Å². The number of anilines is 1. The molecule has 0 saturated heterocycles. The molecule has 1 aliphatic rings. The molecule has 3 aromatic rings. The fourth-order valence-corrected chi connectivity index (χ4v) is 4.98. The number of sulfonamides is 1. The highest BCUT2D eigenvalue weighted by Gasteiger charge is 2.23. The second-order valence-corrected chi connectivity index (χ2v) is 8.19. The number of aryl methyl sites for hydroxylation is 1. The number of hydrogen-bond acceptors (Lipinski definition) is 6. The Morgan fingerprint density at radius 2 is 2.17 bits per heavy atom. The van der Waals surface area contributed by atoms with Crippen LogP contribution in [0.1, 0.15) is 16.7 Å². The number of benzene rings is 1. The smallest absolute Gasteiger partial charge is 0.280 e. The average molecular weight is 360 g/mol. The zero-order chi connectivity index (χ0) is 16.7. The molecule has 124 valence electrons. The van der Waals surface area contributed by atoms with Gasteiger partial charge in [-0.25, -0.2) is 4.98 Å². The number of nitrogens with zero attached hydrogens (tertiary/aromatic N) is 2. The lowest BCUT2D eigenvalue weighted by atomic mass is 9.99. The number of fused-ring (bicyclic) bond motifs is 2. The zero-order valence-corrected chi connectivity index (χ0v) is 14.7. The molecule has 4 rings (SSSR count). The predicted molar refractivity (Wildman–Crippen MR) is 94.8 cm³/mol. The Morgan fingerprint density at radius 1 is 1.29 bits per heavy atom. The van der Waals surface area contributed by atoms with E-state index < -0.39 is 10.0 Å². The number of nitrogens with one attached hydrogen (secondary N) is 2. The van der Waals surface area contributed by atoms with Gasteiger partial charge in [0.25, 0.3) is 10.0 Å². The van der Waals surface area contributed by atoms with Crippen LogP contribution in [0.3, 0.4) is 0 Å². The van der Waals surface area contributed by atoms with Crippen molar-refractivity contribution in [3.63, 3.8) is 0 Å². The summed E-state index contributed by atoms with van der Waals surface area (Å²) in [5, 5.41) is 3.89. The first-order chi connectivity index (χ1) is 11.6. The van der Waals surface area contributed by atoms with Gasteiger partial charge in [0.1, 0.15) is 0 Å². The van der Waals surface area contributed by atoms with Crippen LogP contribution in [0.25, 0.3) is 10.1 Å². The van der Waals surface area contributed by atoms with Crippen LogP contribution in [0.2, 0.25) is 0 Å². The molecule has 0 unspecified atom stereocenters. The molecule has 8 heteroatoms. The van der Waals surface area contributed by atoms with Gasteiger partial charge in [0.05, 0.1) is 22.0 Å². The van der Waals surface area contributed by atoms with Gasteiger partial charge in [0, 0.05) is 12.7 Å². The standard InChI is InChI=1S/C16H16N4O2S2/c1-10-7-18-16(13-9-19-23-15(10)13)24(21,22)20-14-4-2-3-11-8-17-6-5-12(11)14/h2-4,7,9,17,20H,5-6,8H2,1H3. The van der Waals surface area contributed by atoms with E-state index in [-0.39, 0.29) is 5.03 Å². The van der Waals surface area contributed by atoms with Gasteiger partial charge in [-0.05, 0) is 54.2 Å². The highest BCUT2D eigenvalue weighted by molar-refractivity contribution is 7.92. The van der Waals surface area contributed by atoms with Crippen molar-refractivity contribution in [3.8, 4) is 0 Å². The maximum absolute atomic E-state index is 12.9. The summed E-state index contributed by atoms with van der Waals surface area (Å²) in [7, 11) is -3.77. The van der Waals surface area contributed by atoms with Crippen LogP contribution in [-0.2, 0) is 23.0 Å². The van der Waals surface area contributed by atoms with Gasteiger partial charge in [-0.1, -0.05) is 12.1 Å². The maximum Gasteiger partial charge on any atom is 0.280 e. The molecule has 1 aromatic carbocycles. The molecule has 2 aromatic heterocycles. The van der Waals surface area contributed by atoms with Crippen LogP contribution in [0, 0.1) is 6.92 Å². The van der Waals surface area contributed by atoms with Gasteiger partial charge < -0.3 is 5.32 Å². The summed E-state index contributed by atoms with van der Waals surface area (Å²) in [6, 6.07) is 5.69. The highest BCUT2D eigenvalue weighted by atomic mass is 32.2. The highest BCUT2D eigenvalue weighted by Crippen LogP contribution is 2.30. The van der Waals surface area contributed by atoms with Crippen LogP contribution < -0.4 is 10.0 Å². The quantitative estimate of drug-likeness (QED) is 0.749. The van der Waals surface area contributed by atoms with Gasteiger partial charge in [0.15, 0.2) is 5.03 Å². The number of rotatable bonds is 3. The minimum atomic E-state index is -3.77. The molecule has 0 radical (unpaired) electrons. The summed E-state index contributed by atoms with van der Waals surface area (Å²) >= 11 is 1.28. The molecule has 0 fully saturated rings. The largest absolute Gasteiger partial charge is 0.312 e. The number of hydrogen-bond donors (Lipinski definition) is 2. The Hall–Kier alpha value is -2.03. The lowest BCUT2D eigenvalue weighted by molar-refractivity contribution is 0.598. The van der Waals surface area contributed by atoms with Crippen molar-refractivity contribution in [2.75, 3.05) is 11.3 Å². The lowest BCUT2D eigenvalue weighted by Crippen LogP contribution is -2.25. The van der Waals surface area contributed by atoms with Crippen LogP contribution in [0.5, 0.6) is 0 Å². The summed E-state index contributed by atoms with van der Waals surface area (Å²) in [5.41, 5.74) is 3.73. The molecular weight excluding hydrogens is 344 g/mol. The molecule has 3 heterocycles. The Kier molecular flexibility index (Phi) is 3.75. The Morgan fingerprint density at radius 3 is 3.04 bits per heavy atom. The van der Waals surface area contributed by atoms with Crippen LogP contribution in [0.15, 0.2) is 35.6 Å². The third-order valence-electron chi connectivity index (χ3n) is 4.17. The summed E-state index contributed by atoms with van der Waals surface area (Å²) in [4.78, 5) is 4.16. The van der Waals surface area contributed by atoms with E-state index in [1.165, 1.54) is 11.5 Å². The first-order valence-electron chi connectivity index (χ1n) is 7.60. The third-order valence-corrected chi connectivity index (χ3v) is 6.43. The van der Waals surface area contributed by atoms with E-state index in [0.717, 1.165) is 40.9 Å². The zero-order valence-electron chi connectivity index (χ0n) is 13.0. The van der Waals surface area contributed by atoms with Crippen LogP contribution in [-0.4, -0.2) is 24.3 Å². The minimum Gasteiger partial charge on any atom is -0.312 e. The first kappa shape index (κ1) is 15.5. The Balaban J connectivity index is 1.79. The van der Waals surface area contributed by atoms with Crippen molar-refractivity contribution in [3.05, 3.63) is 47.3 Å². The van der Waals surface area contributed by atoms with Crippen molar-refractivity contribution < 1.29 is 8.42 Å². The van der Waals surface area contributed by atoms with Crippen LogP contribution in [0.4, 0.5) is 5.69 Å². The molecule has 0 spiro atoms. The summed E-state index contributed by atoms with van der Waals surface area (Å²) in [6.45, 7) is 3.50. The SMILES string of the molecule is Cc1cnc(S(=O)(=O)Nc2cccc3c2CCNC3)c2cnsc12. The first-order valence-corrected chi connectivity index (χ1v) is 9.86. The van der Waals surface area contributed by atoms with E-state index in [4.69, 9.17) is 0 Å². The van der Waals surface area contributed by atoms with Crippen molar-refractivity contribution >= 4 is 37.3 Å². The molecule has 0 amide bonds. The molecule has 0 bridgehead atoms. The summed E-state index contributed by atoms with van der Waals surface area (Å²) in [6.07, 6.45) is 3.95. The second-order valence-electron chi connectivity index (χ2n) is 5.79. The molecular formula is C16H16N4O2S2. The molecule has 1 aliphatic heterocycles. The van der Waals surface area contributed by atoms with E-state index in [1.54, 1.807) is 18.5 Å². The van der Waals surface area contributed by atoms with Gasteiger partial charge in [-0.2, -0.15) is 12.8 Å². The van der Waals surface area contributed by atoms with Crippen molar-refractivity contribution in [2.24, 2.45) is 0 Å². The lowest BCUT2D eigenvalue weighted by Gasteiger charge is -2.21. The van der Waals surface area contributed by atoms with Crippen molar-refractivity contribution in [1.29, 1.82) is 0 Å². The monoisotopic (exact) mass is 360 g/mol. The van der Waals surface area contributed by atoms with Gasteiger partial charge in [-0.15, -0.1) is 0 Å². The average Bonchev–Trinajstić information content (AvgIpc) is 3.05. The fraction of sp³-hybridized carbons (Fsp3) is 0.250. The molecule has 0 saturated carbocycles. The summed E-state index contributed by atoms with van der Waals surface area (Å²) in [5.74, 6) is 0. The van der Waals surface area contributed by atoms with Gasteiger partial charge >= 0.3 is 0 Å². The van der Waals surface area contributed by atoms with Gasteiger partial charge in [-0.3, -0.25) is 4.72 Å². The minimum absolute atomic E-state index is 0.0309. The second kappa shape index (κ2) is 5.80. The maximum atomic E-state index is 12.9. The predicted octanol–water partition coefficient (Wildman–Crippen LogP) is 2.45. The fourth-order valence-electron chi connectivity index (χ4n) is 2.99. The van der Waals surface area contributed by atoms with E-state index in [9.17, 15) is 8.42 Å². The molecule has 0 atom stereocenters. The number of aromatic nitrogens is 2. The molecule has 2 N–H and O–H groups in total. The van der Waals surface area contributed by atoms with Crippen molar-refractivity contribution in [2.45, 2.75) is 24.9 Å². The topological polar surface area (TPSA) is 84.0 Å². The third kappa shape index (κ3) is 2.56. The number of pyridine rings is 1. The van der Waals surface area contributed by atoms with Crippen molar-refractivity contribution in [1.82, 2.24) is 14.7 Å². The Bertz CT molecular complexity index is 1030. The molecule has 0 aliphatic carbocycles. The Labute approximate surface area is 144 Å². The molecule has 6 nitrogen and oxygen atoms in total. The van der Waals surface area contributed by atoms with Gasteiger partial charge in [0.2, 0.25) is 0 Å². The van der Waals surface area contributed by atoms with E-state index in [0.29, 0.717) is 11.1 Å². The summed E-state index contributed by atoms with van der Waals surface area (Å²) < 4.78 is 33.5. The van der Waals surface area contributed by atoms with E-state index in [2.05, 4.69) is 19.4 Å². The van der Waals surface area contributed by atoms with E-state index >= 15 is 0 Å².